The van der Waals surface area contributed by atoms with Crippen molar-refractivity contribution in [3.63, 3.8) is 0 Å². The Morgan fingerprint density at radius 1 is 1.27 bits per heavy atom. The predicted molar refractivity (Wildman–Crippen MR) is 134 cm³/mol. The third kappa shape index (κ3) is 2.97. The summed E-state index contributed by atoms with van der Waals surface area (Å²) in [6.45, 7) is 1.63. The lowest BCUT2D eigenvalue weighted by atomic mass is 9.49. The van der Waals surface area contributed by atoms with Gasteiger partial charge in [-0.15, -0.1) is 11.3 Å². The van der Waals surface area contributed by atoms with E-state index in [9.17, 15) is 24.9 Å². The molecule has 1 aromatic carbocycles. The van der Waals surface area contributed by atoms with Crippen LogP contribution in [0.5, 0.6) is 11.5 Å². The highest BCUT2D eigenvalue weighted by molar-refractivity contribution is 7.12. The first-order valence-corrected chi connectivity index (χ1v) is 13.5. The van der Waals surface area contributed by atoms with E-state index in [2.05, 4.69) is 10.2 Å². The molecule has 0 unspecified atom stereocenters. The molecule has 194 valence electrons. The Kier molecular flexibility index (Phi) is 4.81. The van der Waals surface area contributed by atoms with E-state index < -0.39 is 29.0 Å². The lowest BCUT2D eigenvalue weighted by molar-refractivity contribution is -0.172. The highest BCUT2D eigenvalue weighted by Gasteiger charge is 2.73. The zero-order chi connectivity index (χ0) is 25.7. The molecule has 7 rings (SSSR count). The molecule has 2 aromatic rings. The number of nitrogens with one attached hydrogen (secondary N) is 1. The molecule has 2 aliphatic heterocycles. The summed E-state index contributed by atoms with van der Waals surface area (Å²) in [5.74, 6) is -0.548. The summed E-state index contributed by atoms with van der Waals surface area (Å²) in [7, 11) is 1.27. The Bertz CT molecular complexity index is 1380. The van der Waals surface area contributed by atoms with Gasteiger partial charge in [0.2, 0.25) is 0 Å². The summed E-state index contributed by atoms with van der Waals surface area (Å²) in [5, 5.41) is 39.2. The number of hydrogen-bond donors (Lipinski definition) is 4. The van der Waals surface area contributed by atoms with Crippen LogP contribution in [0.25, 0.3) is 0 Å². The van der Waals surface area contributed by atoms with E-state index in [0.29, 0.717) is 18.8 Å². The molecule has 4 N–H and O–H groups in total. The van der Waals surface area contributed by atoms with E-state index in [1.165, 1.54) is 20.0 Å². The van der Waals surface area contributed by atoms with Crippen molar-refractivity contribution < 1.29 is 34.4 Å². The minimum absolute atomic E-state index is 0.0270. The number of phenols is 1. The zero-order valence-corrected chi connectivity index (χ0v) is 21.1. The number of methoxy groups -OCH3 is 1. The number of nitrogens with zero attached hydrogens (tertiary/aromatic N) is 1. The molecule has 3 aliphatic carbocycles. The number of benzene rings is 1. The van der Waals surface area contributed by atoms with Gasteiger partial charge < -0.3 is 30.1 Å². The van der Waals surface area contributed by atoms with E-state index >= 15 is 0 Å². The van der Waals surface area contributed by atoms with Crippen LogP contribution in [0.15, 0.2) is 34.9 Å². The van der Waals surface area contributed by atoms with Crippen molar-refractivity contribution in [2.24, 2.45) is 5.92 Å². The maximum atomic E-state index is 13.6. The second-order valence-corrected chi connectivity index (χ2v) is 11.8. The van der Waals surface area contributed by atoms with Crippen LogP contribution in [0, 0.1) is 5.92 Å². The average Bonchev–Trinajstić information content (AvgIpc) is 3.44. The number of aliphatic hydroxyl groups is 2. The standard InChI is InChI=1S/C27H28N2O7S/c1-35-25(33)22-16(6-9-37-22)28-24(32)15-11-27(34)18-10-14-4-5-17(30)21-19(14)26(27,23(36-21)20(15)31)7-8-29(18)12-13-2-3-13/h4-6,9,13,18,23,30-31,34H,2-3,7-8,10-12H2,1H3,(H,28,32)/t18-,23+,26+,27-/m1/s1. The summed E-state index contributed by atoms with van der Waals surface area (Å²) in [5.41, 5.74) is -0.280. The van der Waals surface area contributed by atoms with Crippen LogP contribution in [-0.4, -0.2) is 70.0 Å². The molecule has 1 spiro atoms. The fourth-order valence-corrected chi connectivity index (χ4v) is 7.99. The quantitative estimate of drug-likeness (QED) is 0.440. The lowest BCUT2D eigenvalue weighted by Crippen LogP contribution is -2.75. The smallest absolute Gasteiger partial charge is 0.350 e. The first-order chi connectivity index (χ1) is 17.8. The van der Waals surface area contributed by atoms with E-state index in [1.807, 2.05) is 6.07 Å². The minimum Gasteiger partial charge on any atom is -0.508 e. The number of thiophene rings is 1. The number of amides is 1. The van der Waals surface area contributed by atoms with Gasteiger partial charge in [0.05, 0.1) is 29.4 Å². The molecule has 3 heterocycles. The number of ether oxygens (including phenoxy) is 2. The molecule has 1 aromatic heterocycles. The van der Waals surface area contributed by atoms with Crippen LogP contribution in [0.3, 0.4) is 0 Å². The number of phenolic OH excluding ortho intramolecular Hbond substituents is 1. The van der Waals surface area contributed by atoms with Crippen LogP contribution in [-0.2, 0) is 21.4 Å². The molecule has 1 amide bonds. The van der Waals surface area contributed by atoms with Gasteiger partial charge in [-0.25, -0.2) is 4.79 Å². The normalized spacial score (nSPS) is 31.5. The molecular formula is C27H28N2O7S. The summed E-state index contributed by atoms with van der Waals surface area (Å²) < 4.78 is 11.0. The maximum absolute atomic E-state index is 13.6. The molecule has 2 bridgehead atoms. The highest BCUT2D eigenvalue weighted by Crippen LogP contribution is 2.66. The molecule has 37 heavy (non-hydrogen) atoms. The van der Waals surface area contributed by atoms with Crippen LogP contribution in [0.2, 0.25) is 0 Å². The fraction of sp³-hybridized carbons (Fsp3) is 0.481. The lowest BCUT2D eigenvalue weighted by Gasteiger charge is -2.62. The van der Waals surface area contributed by atoms with Gasteiger partial charge in [0.15, 0.2) is 17.6 Å². The number of likely N-dealkylation sites (tertiary alicyclic amines) is 1. The van der Waals surface area contributed by atoms with Crippen molar-refractivity contribution in [2.45, 2.75) is 55.3 Å². The Labute approximate surface area is 217 Å². The summed E-state index contributed by atoms with van der Waals surface area (Å²) >= 11 is 1.14. The van der Waals surface area contributed by atoms with E-state index in [4.69, 9.17) is 9.47 Å². The number of rotatable bonds is 5. The molecule has 1 saturated carbocycles. The molecular weight excluding hydrogens is 496 g/mol. The monoisotopic (exact) mass is 524 g/mol. The van der Waals surface area contributed by atoms with Crippen molar-refractivity contribution in [3.05, 3.63) is 50.9 Å². The van der Waals surface area contributed by atoms with Crippen LogP contribution >= 0.6 is 11.3 Å². The summed E-state index contributed by atoms with van der Waals surface area (Å²) in [4.78, 5) is 28.3. The topological polar surface area (TPSA) is 129 Å². The van der Waals surface area contributed by atoms with E-state index in [-0.39, 0.29) is 45.9 Å². The van der Waals surface area contributed by atoms with Gasteiger partial charge in [-0.3, -0.25) is 9.69 Å². The predicted octanol–water partition coefficient (Wildman–Crippen LogP) is 2.87. The Morgan fingerprint density at radius 2 is 2.08 bits per heavy atom. The van der Waals surface area contributed by atoms with E-state index in [0.717, 1.165) is 35.6 Å². The molecule has 5 aliphatic rings. The molecule has 9 nitrogen and oxygen atoms in total. The molecule has 1 saturated heterocycles. The van der Waals surface area contributed by atoms with Crippen LogP contribution < -0.4 is 10.1 Å². The van der Waals surface area contributed by atoms with Crippen LogP contribution in [0.4, 0.5) is 5.69 Å². The third-order valence-corrected chi connectivity index (χ3v) is 9.97. The van der Waals surface area contributed by atoms with Crippen molar-refractivity contribution in [1.29, 1.82) is 0 Å². The summed E-state index contributed by atoms with van der Waals surface area (Å²) in [6, 6.07) is 4.83. The number of aromatic hydroxyl groups is 1. The number of esters is 1. The number of piperidine rings is 1. The Morgan fingerprint density at radius 3 is 2.84 bits per heavy atom. The number of carbonyl (C=O) groups is 2. The second kappa shape index (κ2) is 7.72. The first-order valence-electron chi connectivity index (χ1n) is 12.7. The van der Waals surface area contributed by atoms with Crippen molar-refractivity contribution in [1.82, 2.24) is 4.90 Å². The highest BCUT2D eigenvalue weighted by atomic mass is 32.1. The Balaban J connectivity index is 1.33. The third-order valence-electron chi connectivity index (χ3n) is 9.08. The van der Waals surface area contributed by atoms with Crippen molar-refractivity contribution in [3.8, 4) is 11.5 Å². The fourth-order valence-electron chi connectivity index (χ4n) is 7.22. The van der Waals surface area contributed by atoms with Gasteiger partial charge in [-0.05, 0) is 61.2 Å². The van der Waals surface area contributed by atoms with Gasteiger partial charge in [0.1, 0.15) is 10.6 Å². The molecule has 0 radical (unpaired) electrons. The zero-order valence-electron chi connectivity index (χ0n) is 20.3. The van der Waals surface area contributed by atoms with Gasteiger partial charge in [-0.1, -0.05) is 6.07 Å². The minimum atomic E-state index is -1.39. The van der Waals surface area contributed by atoms with Gasteiger partial charge >= 0.3 is 5.97 Å². The average molecular weight is 525 g/mol. The van der Waals surface area contributed by atoms with Crippen LogP contribution in [0.1, 0.15) is 46.5 Å². The number of carbonyl (C=O) groups excluding carboxylic acids is 2. The van der Waals surface area contributed by atoms with Gasteiger partial charge in [0, 0.05) is 24.6 Å². The van der Waals surface area contributed by atoms with Gasteiger partial charge in [0.25, 0.3) is 5.91 Å². The maximum Gasteiger partial charge on any atom is 0.350 e. The number of anilines is 1. The Hall–Kier alpha value is -3.08. The van der Waals surface area contributed by atoms with Crippen molar-refractivity contribution in [2.75, 3.05) is 25.5 Å². The molecule has 10 heteroatoms. The SMILES string of the molecule is COC(=O)c1sccc1NC(=O)C1=C(O)[C@@H]2Oc3c(O)ccc4c3[C@@]23CCN(CC2CC2)[C@H](C4)[C@]3(O)C1. The second-order valence-electron chi connectivity index (χ2n) is 10.9. The van der Waals surface area contributed by atoms with E-state index in [1.54, 1.807) is 17.5 Å². The number of hydrogen-bond acceptors (Lipinski definition) is 9. The summed E-state index contributed by atoms with van der Waals surface area (Å²) in [6.07, 6.45) is 2.41. The van der Waals surface area contributed by atoms with Crippen molar-refractivity contribution >= 4 is 28.9 Å². The molecule has 4 atom stereocenters. The first kappa shape index (κ1) is 23.1. The molecule has 2 fully saturated rings. The number of aliphatic hydroxyl groups excluding tert-OH is 1. The van der Waals surface area contributed by atoms with Gasteiger partial charge in [-0.2, -0.15) is 0 Å². The largest absolute Gasteiger partial charge is 0.508 e.